The predicted molar refractivity (Wildman–Crippen MR) is 452 cm³/mol. The van der Waals surface area contributed by atoms with E-state index in [4.69, 9.17) is 0 Å². The van der Waals surface area contributed by atoms with Crippen molar-refractivity contribution in [2.75, 3.05) is 19.6 Å². The van der Waals surface area contributed by atoms with Gasteiger partial charge in [-0.15, -0.1) is 0 Å². The van der Waals surface area contributed by atoms with Crippen LogP contribution in [-0.4, -0.2) is 13.4 Å². The van der Waals surface area contributed by atoms with E-state index in [0.29, 0.717) is 0 Å². The zero-order chi connectivity index (χ0) is 69.5. The quantitative estimate of drug-likeness (QED) is 0.105. The summed E-state index contributed by atoms with van der Waals surface area (Å²) in [6.45, 7) is -0.0666. The number of hydrogen-bond acceptors (Lipinski definition) is 4. The van der Waals surface area contributed by atoms with E-state index in [9.17, 15) is 0 Å². The fourth-order valence-electron chi connectivity index (χ4n) is 18.6. The SMILES string of the molecule is c1ccc(-c2cccc(-c3ccccc3)c2-c2c3ccccc3c(-c3cc4c5c(c3)N(c3cccc(-c6cc(N7c8ccccc8B8c9ccccc9N(c9cccc%10ccccc9%10)c9cccc7c98)c7ccccc7c6)c3)c3ccccc3B5c3ccccc3N4c3ccccc3)c3ccccc23)cc1. The molecular weight excluding hydrogens is 1280 g/mol. The fraction of sp³-hybridized carbons (Fsp3) is 0. The minimum Gasteiger partial charge on any atom is -0.311 e. The van der Waals surface area contributed by atoms with Crippen molar-refractivity contribution in [3.63, 3.8) is 0 Å². The maximum atomic E-state index is 2.59. The van der Waals surface area contributed by atoms with E-state index in [1.807, 2.05) is 0 Å². The summed E-state index contributed by atoms with van der Waals surface area (Å²) >= 11 is 0. The second-order valence-corrected chi connectivity index (χ2v) is 28.5. The lowest BCUT2D eigenvalue weighted by atomic mass is 9.33. The number of hydrogen-bond donors (Lipinski definition) is 0. The van der Waals surface area contributed by atoms with Gasteiger partial charge < -0.3 is 19.6 Å². The number of nitrogens with zero attached hydrogens (tertiary/aromatic N) is 4. The van der Waals surface area contributed by atoms with E-state index in [1.54, 1.807) is 0 Å². The third-order valence-corrected chi connectivity index (χ3v) is 22.9. The number of rotatable bonds is 9. The average Bonchev–Trinajstić information content (AvgIpc) is 0.700. The first-order valence-electron chi connectivity index (χ1n) is 36.9. The lowest BCUT2D eigenvalue weighted by Crippen LogP contribution is -2.61. The van der Waals surface area contributed by atoms with Gasteiger partial charge in [-0.2, -0.15) is 0 Å². The van der Waals surface area contributed by atoms with Gasteiger partial charge in [0.05, 0.1) is 11.4 Å². The largest absolute Gasteiger partial charge is 0.311 e. The highest BCUT2D eigenvalue weighted by Crippen LogP contribution is 2.54. The molecular formula is C100H64B2N4. The third kappa shape index (κ3) is 9.04. The van der Waals surface area contributed by atoms with Crippen molar-refractivity contribution in [2.24, 2.45) is 0 Å². The van der Waals surface area contributed by atoms with Gasteiger partial charge in [-0.1, -0.05) is 297 Å². The van der Waals surface area contributed by atoms with Crippen LogP contribution in [0.5, 0.6) is 0 Å². The first-order valence-corrected chi connectivity index (χ1v) is 36.9. The summed E-state index contributed by atoms with van der Waals surface area (Å²) in [6.07, 6.45) is 0. The Balaban J connectivity index is 0.767. The summed E-state index contributed by atoms with van der Waals surface area (Å²) in [5.41, 5.74) is 33.4. The first kappa shape index (κ1) is 60.0. The van der Waals surface area contributed by atoms with Crippen LogP contribution < -0.4 is 52.4 Å². The Morgan fingerprint density at radius 1 is 0.170 bits per heavy atom. The highest BCUT2D eigenvalue weighted by atomic mass is 15.2. The molecule has 6 heteroatoms. The summed E-state index contributed by atoms with van der Waals surface area (Å²) in [6, 6.07) is 146. The van der Waals surface area contributed by atoms with Crippen LogP contribution in [0.3, 0.4) is 0 Å². The van der Waals surface area contributed by atoms with Crippen LogP contribution in [0, 0.1) is 0 Å². The highest BCUT2D eigenvalue weighted by Gasteiger charge is 2.46. The fourth-order valence-corrected chi connectivity index (χ4v) is 18.6. The minimum atomic E-state index is -0.0704. The Labute approximate surface area is 617 Å². The zero-order valence-corrected chi connectivity index (χ0v) is 57.9. The summed E-state index contributed by atoms with van der Waals surface area (Å²) in [5.74, 6) is 0. The van der Waals surface area contributed by atoms with E-state index in [0.717, 1.165) is 50.8 Å². The number of anilines is 12. The van der Waals surface area contributed by atoms with Gasteiger partial charge in [-0.25, -0.2) is 0 Å². The smallest absolute Gasteiger partial charge is 0.252 e. The second kappa shape index (κ2) is 24.0. The van der Waals surface area contributed by atoms with Crippen molar-refractivity contribution in [3.8, 4) is 55.6 Å². The van der Waals surface area contributed by atoms with Crippen LogP contribution in [0.2, 0.25) is 0 Å². The van der Waals surface area contributed by atoms with Gasteiger partial charge in [0, 0.05) is 67.6 Å². The van der Waals surface area contributed by atoms with Gasteiger partial charge in [0.15, 0.2) is 0 Å². The molecule has 4 aliphatic rings. The summed E-state index contributed by atoms with van der Waals surface area (Å²) in [5, 5.41) is 9.57. The van der Waals surface area contributed by atoms with Gasteiger partial charge in [-0.3, -0.25) is 0 Å². The van der Waals surface area contributed by atoms with E-state index >= 15 is 0 Å². The van der Waals surface area contributed by atoms with Crippen LogP contribution >= 0.6 is 0 Å². The van der Waals surface area contributed by atoms with Crippen molar-refractivity contribution in [3.05, 3.63) is 388 Å². The molecule has 0 N–H and O–H groups in total. The van der Waals surface area contributed by atoms with Gasteiger partial charge in [0.1, 0.15) is 0 Å². The Kier molecular flexibility index (Phi) is 13.6. The van der Waals surface area contributed by atoms with Crippen LogP contribution in [0.4, 0.5) is 68.2 Å². The van der Waals surface area contributed by atoms with Gasteiger partial charge >= 0.3 is 0 Å². The Hall–Kier alpha value is -13.7. The molecule has 0 saturated carbocycles. The molecule has 22 rings (SSSR count). The van der Waals surface area contributed by atoms with Crippen molar-refractivity contribution < 1.29 is 0 Å². The van der Waals surface area contributed by atoms with Crippen molar-refractivity contribution in [1.29, 1.82) is 0 Å². The first-order chi connectivity index (χ1) is 52.7. The molecule has 0 aromatic heterocycles. The van der Waals surface area contributed by atoms with Crippen LogP contribution in [0.15, 0.2) is 388 Å². The van der Waals surface area contributed by atoms with Crippen molar-refractivity contribution in [2.45, 2.75) is 0 Å². The van der Waals surface area contributed by atoms with Gasteiger partial charge in [0.25, 0.3) is 13.4 Å². The number of benzene rings is 18. The third-order valence-electron chi connectivity index (χ3n) is 22.9. The lowest BCUT2D eigenvalue weighted by molar-refractivity contribution is 1.25. The predicted octanol–water partition coefficient (Wildman–Crippen LogP) is 22.8. The molecule has 0 unspecified atom stereocenters. The average molecular weight is 1340 g/mol. The zero-order valence-electron chi connectivity index (χ0n) is 57.9. The molecule has 0 fully saturated rings. The molecule has 0 atom stereocenters. The molecule has 18 aromatic carbocycles. The van der Waals surface area contributed by atoms with Crippen LogP contribution in [-0.2, 0) is 0 Å². The van der Waals surface area contributed by atoms with Crippen molar-refractivity contribution >= 4 is 158 Å². The summed E-state index contributed by atoms with van der Waals surface area (Å²) in [7, 11) is 0. The molecule has 4 nitrogen and oxygen atoms in total. The molecule has 0 spiro atoms. The lowest BCUT2D eigenvalue weighted by Gasteiger charge is -2.44. The van der Waals surface area contributed by atoms with E-state index < -0.39 is 0 Å². The van der Waals surface area contributed by atoms with Gasteiger partial charge in [-0.05, 0) is 212 Å². The molecule has 490 valence electrons. The van der Waals surface area contributed by atoms with Gasteiger partial charge in [0.2, 0.25) is 0 Å². The molecule has 4 aliphatic heterocycles. The summed E-state index contributed by atoms with van der Waals surface area (Å²) in [4.78, 5) is 10.2. The maximum Gasteiger partial charge on any atom is 0.252 e. The Bertz CT molecular complexity index is 6530. The van der Waals surface area contributed by atoms with Crippen molar-refractivity contribution in [1.82, 2.24) is 0 Å². The number of fused-ring (bicyclic) bond motifs is 12. The standard InChI is InChI=1S/C100H64B2N4/c1-4-30-66(31-5-1)76-47-28-48-77(67-32-6-2-7-33-67)97(76)98-80-45-16-14-43-78(80)96(79-44-15-17-46-81(79)98)71-63-94-100-95(64-71)104(88-54-23-19-50-83(88)102(100)82-49-18-22-53-87(82)103(94)72-38-8-3-9-39-72)73-40-26-37-68(61-73)70-60-69-35-11-13-42-75(69)93(62-70)106-90-56-25-21-52-85(90)101-84-51-20-24-55-89(84)105(91-58-29-59-92(106)99(91)101)86-57-27-36-65-34-10-12-41-74(65)86/h1-64H. The van der Waals surface area contributed by atoms with E-state index in [-0.39, 0.29) is 13.4 Å². The monoisotopic (exact) mass is 1340 g/mol. The molecule has 106 heavy (non-hydrogen) atoms. The van der Waals surface area contributed by atoms with Crippen LogP contribution in [0.1, 0.15) is 0 Å². The minimum absolute atomic E-state index is 0.00379. The summed E-state index contributed by atoms with van der Waals surface area (Å²) < 4.78 is 0. The molecule has 0 aliphatic carbocycles. The molecule has 18 aromatic rings. The van der Waals surface area contributed by atoms with E-state index in [2.05, 4.69) is 408 Å². The molecule has 0 saturated heterocycles. The molecule has 0 bridgehead atoms. The molecule has 0 amide bonds. The Morgan fingerprint density at radius 2 is 0.519 bits per heavy atom. The van der Waals surface area contributed by atoms with E-state index in [1.165, 1.54) is 149 Å². The maximum absolute atomic E-state index is 2.59. The second-order valence-electron chi connectivity index (χ2n) is 28.5. The molecule has 4 heterocycles. The normalized spacial score (nSPS) is 13.0. The Morgan fingerprint density at radius 3 is 1.08 bits per heavy atom. The topological polar surface area (TPSA) is 13.0 Å². The van der Waals surface area contributed by atoms with Crippen LogP contribution in [0.25, 0.3) is 98.7 Å². The number of para-hydroxylation sites is 5. The molecule has 0 radical (unpaired) electrons. The highest BCUT2D eigenvalue weighted by molar-refractivity contribution is 7.01.